The lowest BCUT2D eigenvalue weighted by Gasteiger charge is -2.22. The zero-order valence-corrected chi connectivity index (χ0v) is 17.3. The number of amides is 1. The monoisotopic (exact) mass is 408 g/mol. The van der Waals surface area contributed by atoms with Crippen LogP contribution in [0.5, 0.6) is 0 Å². The third kappa shape index (κ3) is 5.10. The first kappa shape index (κ1) is 20.8. The van der Waals surface area contributed by atoms with Gasteiger partial charge in [-0.05, 0) is 42.7 Å². The Morgan fingerprint density at radius 2 is 1.38 bits per heavy atom. The SMILES string of the molecule is Cc1cccc(C)c1NC(=O)CN(Cc1ccccc1)S(=O)(=O)c1ccccc1. The summed E-state index contributed by atoms with van der Waals surface area (Å²) in [5, 5.41) is 2.87. The summed E-state index contributed by atoms with van der Waals surface area (Å²) in [6.07, 6.45) is 0. The van der Waals surface area contributed by atoms with Crippen molar-refractivity contribution in [2.75, 3.05) is 11.9 Å². The molecule has 0 heterocycles. The van der Waals surface area contributed by atoms with Gasteiger partial charge in [0.05, 0.1) is 11.4 Å². The summed E-state index contributed by atoms with van der Waals surface area (Å²) in [6, 6.07) is 23.2. The molecule has 0 aliphatic rings. The normalized spacial score (nSPS) is 11.4. The van der Waals surface area contributed by atoms with E-state index >= 15 is 0 Å². The van der Waals surface area contributed by atoms with Gasteiger partial charge in [-0.3, -0.25) is 4.79 Å². The van der Waals surface area contributed by atoms with E-state index in [1.165, 1.54) is 16.4 Å². The van der Waals surface area contributed by atoms with E-state index in [4.69, 9.17) is 0 Å². The Kier molecular flexibility index (Phi) is 6.46. The molecule has 0 fully saturated rings. The molecule has 3 rings (SSSR count). The van der Waals surface area contributed by atoms with E-state index in [1.54, 1.807) is 18.2 Å². The van der Waals surface area contributed by atoms with Crippen LogP contribution >= 0.6 is 0 Å². The lowest BCUT2D eigenvalue weighted by molar-refractivity contribution is -0.116. The molecule has 3 aromatic carbocycles. The Morgan fingerprint density at radius 1 is 0.828 bits per heavy atom. The molecule has 29 heavy (non-hydrogen) atoms. The summed E-state index contributed by atoms with van der Waals surface area (Å²) in [5.41, 5.74) is 3.39. The molecule has 0 aliphatic carbocycles. The van der Waals surface area contributed by atoms with Crippen molar-refractivity contribution in [2.24, 2.45) is 0 Å². The molecule has 0 saturated carbocycles. The number of carbonyl (C=O) groups excluding carboxylic acids is 1. The zero-order valence-electron chi connectivity index (χ0n) is 16.5. The van der Waals surface area contributed by atoms with Crippen molar-refractivity contribution in [2.45, 2.75) is 25.3 Å². The smallest absolute Gasteiger partial charge is 0.243 e. The Balaban J connectivity index is 1.88. The second-order valence-corrected chi connectivity index (χ2v) is 8.82. The first-order chi connectivity index (χ1) is 13.9. The van der Waals surface area contributed by atoms with Crippen LogP contribution in [0.3, 0.4) is 0 Å². The highest BCUT2D eigenvalue weighted by atomic mass is 32.2. The van der Waals surface area contributed by atoms with E-state index in [0.717, 1.165) is 16.7 Å². The van der Waals surface area contributed by atoms with Crippen LogP contribution < -0.4 is 5.32 Å². The standard InChI is InChI=1S/C23H24N2O3S/c1-18-10-9-11-19(2)23(18)24-22(26)17-25(16-20-12-5-3-6-13-20)29(27,28)21-14-7-4-8-15-21/h3-15H,16-17H2,1-2H3,(H,24,26). The van der Waals surface area contributed by atoms with E-state index in [1.807, 2.05) is 62.4 Å². The van der Waals surface area contributed by atoms with E-state index < -0.39 is 10.0 Å². The van der Waals surface area contributed by atoms with Crippen LogP contribution in [0.4, 0.5) is 5.69 Å². The fraction of sp³-hybridized carbons (Fsp3) is 0.174. The van der Waals surface area contributed by atoms with E-state index in [2.05, 4.69) is 5.32 Å². The minimum absolute atomic E-state index is 0.109. The summed E-state index contributed by atoms with van der Waals surface area (Å²) in [6.45, 7) is 3.65. The summed E-state index contributed by atoms with van der Waals surface area (Å²) in [4.78, 5) is 12.9. The van der Waals surface area contributed by atoms with Crippen molar-refractivity contribution in [3.63, 3.8) is 0 Å². The lowest BCUT2D eigenvalue weighted by Crippen LogP contribution is -2.37. The predicted octanol–water partition coefficient (Wildman–Crippen LogP) is 4.13. The van der Waals surface area contributed by atoms with Crippen LogP contribution in [-0.2, 0) is 21.4 Å². The lowest BCUT2D eigenvalue weighted by atomic mass is 10.1. The van der Waals surface area contributed by atoms with Gasteiger partial charge in [0.2, 0.25) is 15.9 Å². The summed E-state index contributed by atoms with van der Waals surface area (Å²) in [5.74, 6) is -0.377. The van der Waals surface area contributed by atoms with Crippen LogP contribution in [0.15, 0.2) is 83.8 Å². The van der Waals surface area contributed by atoms with Crippen molar-refractivity contribution >= 4 is 21.6 Å². The number of nitrogens with one attached hydrogen (secondary N) is 1. The molecule has 3 aromatic rings. The predicted molar refractivity (Wildman–Crippen MR) is 115 cm³/mol. The third-order valence-electron chi connectivity index (χ3n) is 4.65. The second kappa shape index (κ2) is 9.03. The Labute approximate surface area is 172 Å². The zero-order chi connectivity index (χ0) is 20.9. The van der Waals surface area contributed by atoms with Gasteiger partial charge in [0.1, 0.15) is 0 Å². The molecule has 0 bridgehead atoms. The van der Waals surface area contributed by atoms with Gasteiger partial charge in [-0.25, -0.2) is 8.42 Å². The van der Waals surface area contributed by atoms with Crippen LogP contribution in [0.1, 0.15) is 16.7 Å². The number of hydrogen-bond donors (Lipinski definition) is 1. The van der Waals surface area contributed by atoms with Crippen molar-refractivity contribution in [1.82, 2.24) is 4.31 Å². The van der Waals surface area contributed by atoms with Crippen LogP contribution in [-0.4, -0.2) is 25.2 Å². The summed E-state index contributed by atoms with van der Waals surface area (Å²) >= 11 is 0. The second-order valence-electron chi connectivity index (χ2n) is 6.89. The van der Waals surface area contributed by atoms with Crippen LogP contribution in [0.2, 0.25) is 0 Å². The molecule has 0 atom stereocenters. The number of anilines is 1. The Morgan fingerprint density at radius 3 is 1.97 bits per heavy atom. The highest BCUT2D eigenvalue weighted by Crippen LogP contribution is 2.21. The van der Waals surface area contributed by atoms with E-state index in [9.17, 15) is 13.2 Å². The molecule has 1 N–H and O–H groups in total. The molecular formula is C23H24N2O3S. The first-order valence-corrected chi connectivity index (χ1v) is 10.8. The summed E-state index contributed by atoms with van der Waals surface area (Å²) in [7, 11) is -3.83. The first-order valence-electron chi connectivity index (χ1n) is 9.33. The molecule has 0 unspecified atom stereocenters. The minimum Gasteiger partial charge on any atom is -0.324 e. The highest BCUT2D eigenvalue weighted by molar-refractivity contribution is 7.89. The van der Waals surface area contributed by atoms with Gasteiger partial charge in [0, 0.05) is 12.2 Å². The average molecular weight is 409 g/mol. The maximum absolute atomic E-state index is 13.2. The number of carbonyl (C=O) groups is 1. The van der Waals surface area contributed by atoms with Crippen molar-refractivity contribution in [3.05, 3.63) is 95.6 Å². The number of nitrogens with zero attached hydrogens (tertiary/aromatic N) is 1. The topological polar surface area (TPSA) is 66.5 Å². The number of hydrogen-bond acceptors (Lipinski definition) is 3. The van der Waals surface area contributed by atoms with Gasteiger partial charge < -0.3 is 5.32 Å². The third-order valence-corrected chi connectivity index (χ3v) is 6.45. The van der Waals surface area contributed by atoms with Crippen LogP contribution in [0.25, 0.3) is 0 Å². The fourth-order valence-electron chi connectivity index (χ4n) is 3.11. The number of sulfonamides is 1. The number of aryl methyl sites for hydroxylation is 2. The average Bonchev–Trinajstić information content (AvgIpc) is 2.72. The molecule has 6 heteroatoms. The number of benzene rings is 3. The fourth-order valence-corrected chi connectivity index (χ4v) is 4.51. The maximum Gasteiger partial charge on any atom is 0.243 e. The number of rotatable bonds is 7. The van der Waals surface area contributed by atoms with Gasteiger partial charge in [-0.2, -0.15) is 4.31 Å². The molecule has 0 radical (unpaired) electrons. The maximum atomic E-state index is 13.2. The molecule has 1 amide bonds. The van der Waals surface area contributed by atoms with Gasteiger partial charge in [0.15, 0.2) is 0 Å². The Hall–Kier alpha value is -2.96. The van der Waals surface area contributed by atoms with Crippen molar-refractivity contribution < 1.29 is 13.2 Å². The molecule has 0 aromatic heterocycles. The minimum atomic E-state index is -3.83. The van der Waals surface area contributed by atoms with Gasteiger partial charge >= 0.3 is 0 Å². The van der Waals surface area contributed by atoms with Gasteiger partial charge in [-0.1, -0.05) is 66.7 Å². The van der Waals surface area contributed by atoms with E-state index in [-0.39, 0.29) is 23.9 Å². The number of para-hydroxylation sites is 1. The quantitative estimate of drug-likeness (QED) is 0.639. The Bertz CT molecular complexity index is 1060. The largest absolute Gasteiger partial charge is 0.324 e. The molecule has 0 saturated heterocycles. The van der Waals surface area contributed by atoms with E-state index in [0.29, 0.717) is 5.69 Å². The van der Waals surface area contributed by atoms with Crippen LogP contribution in [0, 0.1) is 13.8 Å². The molecular weight excluding hydrogens is 384 g/mol. The van der Waals surface area contributed by atoms with Crippen molar-refractivity contribution in [3.8, 4) is 0 Å². The van der Waals surface area contributed by atoms with Crippen molar-refractivity contribution in [1.29, 1.82) is 0 Å². The highest BCUT2D eigenvalue weighted by Gasteiger charge is 2.27. The molecule has 0 spiro atoms. The van der Waals surface area contributed by atoms with Gasteiger partial charge in [-0.15, -0.1) is 0 Å². The molecule has 0 aliphatic heterocycles. The molecule has 5 nitrogen and oxygen atoms in total. The van der Waals surface area contributed by atoms with Gasteiger partial charge in [0.25, 0.3) is 0 Å². The molecule has 150 valence electrons. The summed E-state index contributed by atoms with van der Waals surface area (Å²) < 4.78 is 27.6.